The van der Waals surface area contributed by atoms with Crippen LogP contribution in [0.1, 0.15) is 5.89 Å². The summed E-state index contributed by atoms with van der Waals surface area (Å²) in [5.74, 6) is 0.827. The van der Waals surface area contributed by atoms with Crippen LogP contribution in [-0.2, 0) is 0 Å². The number of aromatic nitrogens is 2. The van der Waals surface area contributed by atoms with Gasteiger partial charge in [0.25, 0.3) is 0 Å². The van der Waals surface area contributed by atoms with E-state index >= 15 is 0 Å². The molecule has 0 bridgehead atoms. The van der Waals surface area contributed by atoms with E-state index in [0.29, 0.717) is 17.3 Å². The third-order valence-electron chi connectivity index (χ3n) is 2.54. The highest BCUT2D eigenvalue weighted by atomic mass is 19.3. The van der Waals surface area contributed by atoms with Crippen LogP contribution in [0.3, 0.4) is 0 Å². The largest absolute Gasteiger partial charge is 0.441 e. The minimum atomic E-state index is -3.49. The van der Waals surface area contributed by atoms with Gasteiger partial charge in [0.2, 0.25) is 11.7 Å². The highest BCUT2D eigenvalue weighted by Crippen LogP contribution is 2.27. The fourth-order valence-corrected chi connectivity index (χ4v) is 1.44. The van der Waals surface area contributed by atoms with Crippen molar-refractivity contribution in [2.75, 3.05) is 7.05 Å². The van der Waals surface area contributed by atoms with E-state index in [9.17, 15) is 8.78 Å². The Balaban J connectivity index is 2.15. The second-order valence-corrected chi connectivity index (χ2v) is 4.01. The number of halogens is 2. The molecule has 0 saturated heterocycles. The van der Waals surface area contributed by atoms with Gasteiger partial charge < -0.3 is 14.6 Å². The van der Waals surface area contributed by atoms with Crippen LogP contribution in [0.25, 0.3) is 11.4 Å². The Morgan fingerprint density at radius 1 is 1.35 bits per heavy atom. The first-order valence-corrected chi connectivity index (χ1v) is 5.77. The molecule has 0 saturated carbocycles. The zero-order chi connectivity index (χ0) is 14.8. The number of hydrogen-bond donors (Lipinski definition) is 1. The van der Waals surface area contributed by atoms with Crippen molar-refractivity contribution in [3.05, 3.63) is 42.4 Å². The van der Waals surface area contributed by atoms with Crippen LogP contribution in [-0.4, -0.2) is 23.3 Å². The van der Waals surface area contributed by atoms with Crippen molar-refractivity contribution in [2.45, 2.75) is 13.0 Å². The third-order valence-corrected chi connectivity index (χ3v) is 2.54. The lowest BCUT2D eigenvalue weighted by Crippen LogP contribution is -2.33. The van der Waals surface area contributed by atoms with E-state index in [4.69, 9.17) is 4.52 Å². The summed E-state index contributed by atoms with van der Waals surface area (Å²) in [4.78, 5) is 4.04. The summed E-state index contributed by atoms with van der Waals surface area (Å²) in [7, 11) is 1.35. The van der Waals surface area contributed by atoms with Crippen LogP contribution in [0, 0.1) is 6.92 Å². The first kappa shape index (κ1) is 14.0. The van der Waals surface area contributed by atoms with Gasteiger partial charge in [-0.25, -0.2) is 0 Å². The van der Waals surface area contributed by atoms with Gasteiger partial charge >= 0.3 is 6.11 Å². The van der Waals surface area contributed by atoms with Crippen molar-refractivity contribution < 1.29 is 18.0 Å². The average Bonchev–Trinajstić information content (AvgIpc) is 2.85. The standard InChI is InChI=1S/C13H13F2N3O2/c1-8(16-3)13(14,15)19-11-6-4-10(5-7-11)12-17-9(2)20-18-12/h4-7,16H,1H2,2-3H3. The van der Waals surface area contributed by atoms with Crippen LogP contribution in [0.2, 0.25) is 0 Å². The van der Waals surface area contributed by atoms with Crippen LogP contribution in [0.15, 0.2) is 41.1 Å². The molecular formula is C13H13F2N3O2. The SMILES string of the molecule is C=C(NC)C(F)(F)Oc1ccc(-c2noc(C)n2)cc1. The Labute approximate surface area is 114 Å². The number of alkyl halides is 2. The molecule has 2 rings (SSSR count). The number of nitrogens with zero attached hydrogens (tertiary/aromatic N) is 2. The maximum atomic E-state index is 13.5. The topological polar surface area (TPSA) is 60.2 Å². The molecule has 0 spiro atoms. The molecule has 1 N–H and O–H groups in total. The van der Waals surface area contributed by atoms with E-state index in [0.717, 1.165) is 0 Å². The molecule has 0 fully saturated rings. The van der Waals surface area contributed by atoms with E-state index in [1.54, 1.807) is 19.1 Å². The molecule has 0 aliphatic rings. The van der Waals surface area contributed by atoms with E-state index in [2.05, 4.69) is 26.8 Å². The molecule has 0 aliphatic heterocycles. The molecule has 7 heteroatoms. The van der Waals surface area contributed by atoms with Crippen molar-refractivity contribution in [3.8, 4) is 17.1 Å². The first-order valence-electron chi connectivity index (χ1n) is 5.77. The molecule has 0 atom stereocenters. The van der Waals surface area contributed by atoms with Gasteiger partial charge in [-0.15, -0.1) is 0 Å². The van der Waals surface area contributed by atoms with Gasteiger partial charge in [0, 0.05) is 19.5 Å². The summed E-state index contributed by atoms with van der Waals surface area (Å²) in [6.07, 6.45) is -3.49. The zero-order valence-electron chi connectivity index (χ0n) is 11.0. The summed E-state index contributed by atoms with van der Waals surface area (Å²) in [6, 6.07) is 5.94. The second kappa shape index (κ2) is 5.28. The smallest absolute Gasteiger partial charge is 0.428 e. The quantitative estimate of drug-likeness (QED) is 0.913. The van der Waals surface area contributed by atoms with Gasteiger partial charge in [0.1, 0.15) is 11.4 Å². The molecule has 106 valence electrons. The summed E-state index contributed by atoms with van der Waals surface area (Å²) in [6.45, 7) is 4.85. The molecule has 0 aliphatic carbocycles. The Morgan fingerprint density at radius 3 is 2.50 bits per heavy atom. The lowest BCUT2D eigenvalue weighted by atomic mass is 10.2. The Hall–Kier alpha value is -2.44. The Kier molecular flexibility index (Phi) is 3.69. The van der Waals surface area contributed by atoms with Crippen molar-refractivity contribution in [3.63, 3.8) is 0 Å². The van der Waals surface area contributed by atoms with Gasteiger partial charge in [-0.05, 0) is 24.3 Å². The van der Waals surface area contributed by atoms with Gasteiger partial charge in [0.15, 0.2) is 0 Å². The van der Waals surface area contributed by atoms with Crippen LogP contribution < -0.4 is 10.1 Å². The van der Waals surface area contributed by atoms with Crippen molar-refractivity contribution in [1.29, 1.82) is 0 Å². The Bertz CT molecular complexity index is 608. The predicted molar refractivity (Wildman–Crippen MR) is 68.2 cm³/mol. The third kappa shape index (κ3) is 2.93. The monoisotopic (exact) mass is 281 g/mol. The summed E-state index contributed by atoms with van der Waals surface area (Å²) in [5.41, 5.74) is 0.125. The normalized spacial score (nSPS) is 11.2. The maximum absolute atomic E-state index is 13.5. The number of ether oxygens (including phenoxy) is 1. The van der Waals surface area contributed by atoms with Crippen molar-refractivity contribution >= 4 is 0 Å². The summed E-state index contributed by atoms with van der Waals surface area (Å²) in [5, 5.41) is 6.00. The number of rotatable bonds is 5. The fourth-order valence-electron chi connectivity index (χ4n) is 1.44. The fraction of sp³-hybridized carbons (Fsp3) is 0.231. The molecule has 0 radical (unpaired) electrons. The molecule has 20 heavy (non-hydrogen) atoms. The van der Waals surface area contributed by atoms with Gasteiger partial charge in [-0.1, -0.05) is 11.7 Å². The molecule has 2 aromatic rings. The van der Waals surface area contributed by atoms with Gasteiger partial charge in [-0.2, -0.15) is 13.8 Å². The summed E-state index contributed by atoms with van der Waals surface area (Å²) < 4.78 is 36.4. The number of aryl methyl sites for hydroxylation is 1. The van der Waals surface area contributed by atoms with Crippen LogP contribution in [0.4, 0.5) is 8.78 Å². The van der Waals surface area contributed by atoms with Gasteiger partial charge in [-0.3, -0.25) is 0 Å². The summed E-state index contributed by atoms with van der Waals surface area (Å²) >= 11 is 0. The first-order chi connectivity index (χ1) is 9.42. The lowest BCUT2D eigenvalue weighted by Gasteiger charge is -2.19. The van der Waals surface area contributed by atoms with Gasteiger partial charge in [0.05, 0.1) is 0 Å². The predicted octanol–water partition coefficient (Wildman–Crippen LogP) is 2.75. The Morgan fingerprint density at radius 2 is 2.00 bits per heavy atom. The second-order valence-electron chi connectivity index (χ2n) is 4.01. The van der Waals surface area contributed by atoms with Crippen molar-refractivity contribution in [2.24, 2.45) is 0 Å². The zero-order valence-corrected chi connectivity index (χ0v) is 11.0. The maximum Gasteiger partial charge on any atom is 0.441 e. The van der Waals surface area contributed by atoms with Crippen molar-refractivity contribution in [1.82, 2.24) is 15.5 Å². The molecule has 1 heterocycles. The molecule has 5 nitrogen and oxygen atoms in total. The van der Waals surface area contributed by atoms with Crippen LogP contribution in [0.5, 0.6) is 5.75 Å². The average molecular weight is 281 g/mol. The minimum Gasteiger partial charge on any atom is -0.428 e. The van der Waals surface area contributed by atoms with Crippen LogP contribution >= 0.6 is 0 Å². The van der Waals surface area contributed by atoms with E-state index < -0.39 is 11.8 Å². The number of benzene rings is 1. The van der Waals surface area contributed by atoms with E-state index in [1.807, 2.05) is 0 Å². The molecule has 0 amide bonds. The minimum absolute atomic E-state index is 0.00960. The molecule has 1 aromatic heterocycles. The molecule has 0 unspecified atom stereocenters. The lowest BCUT2D eigenvalue weighted by molar-refractivity contribution is -0.145. The number of likely N-dealkylation sites (N-methyl/N-ethyl adjacent to an activating group) is 1. The number of hydrogen-bond acceptors (Lipinski definition) is 5. The van der Waals surface area contributed by atoms with E-state index in [-0.39, 0.29) is 5.75 Å². The molecule has 1 aromatic carbocycles. The van der Waals surface area contributed by atoms with E-state index in [1.165, 1.54) is 19.2 Å². The molecular weight excluding hydrogens is 268 g/mol. The number of nitrogens with one attached hydrogen (secondary N) is 1. The highest BCUT2D eigenvalue weighted by Gasteiger charge is 2.35. The highest BCUT2D eigenvalue weighted by molar-refractivity contribution is 5.55.